The maximum absolute atomic E-state index is 9.50. The number of benzene rings is 3. The molecule has 3 aromatic carbocycles. The van der Waals surface area contributed by atoms with Crippen LogP contribution in [0.3, 0.4) is 0 Å². The highest BCUT2D eigenvalue weighted by Gasteiger charge is 2.24. The van der Waals surface area contributed by atoms with Crippen LogP contribution in [0.5, 0.6) is 0 Å². The summed E-state index contributed by atoms with van der Waals surface area (Å²) in [6, 6.07) is 23.8. The Morgan fingerprint density at radius 2 is 1.60 bits per heavy atom. The van der Waals surface area contributed by atoms with Crippen LogP contribution in [-0.4, -0.2) is 39.8 Å². The van der Waals surface area contributed by atoms with Crippen molar-refractivity contribution in [3.63, 3.8) is 0 Å². The summed E-state index contributed by atoms with van der Waals surface area (Å²) in [5.41, 5.74) is 6.82. The summed E-state index contributed by atoms with van der Waals surface area (Å²) in [5.74, 6) is 0. The average Bonchev–Trinajstić information content (AvgIpc) is 3.31. The minimum atomic E-state index is 0.461. The molecule has 1 aliphatic heterocycles. The Kier molecular flexibility index (Phi) is 5.20. The third kappa shape index (κ3) is 3.61. The molecule has 6 rings (SSSR count). The van der Waals surface area contributed by atoms with Crippen molar-refractivity contribution in [2.24, 2.45) is 0 Å². The number of nitrogens with zero attached hydrogens (tertiary/aromatic N) is 5. The van der Waals surface area contributed by atoms with Gasteiger partial charge in [0.15, 0.2) is 5.65 Å². The van der Waals surface area contributed by atoms with Crippen molar-refractivity contribution >= 4 is 22.1 Å². The van der Waals surface area contributed by atoms with E-state index in [0.29, 0.717) is 17.6 Å². The van der Waals surface area contributed by atoms with Gasteiger partial charge in [-0.2, -0.15) is 10.4 Å². The molecule has 6 nitrogen and oxygen atoms in total. The quantitative estimate of drug-likeness (QED) is 0.399. The Morgan fingerprint density at radius 1 is 0.857 bits per heavy atom. The lowest BCUT2D eigenvalue weighted by molar-refractivity contribution is 0.432. The van der Waals surface area contributed by atoms with Crippen LogP contribution in [0.1, 0.15) is 19.4 Å². The van der Waals surface area contributed by atoms with Gasteiger partial charge in [0, 0.05) is 59.8 Å². The van der Waals surface area contributed by atoms with Crippen molar-refractivity contribution in [2.75, 3.05) is 18.0 Å². The van der Waals surface area contributed by atoms with Gasteiger partial charge in [-0.05, 0) is 48.6 Å². The van der Waals surface area contributed by atoms with E-state index in [4.69, 9.17) is 4.98 Å². The van der Waals surface area contributed by atoms with Gasteiger partial charge in [0.1, 0.15) is 0 Å². The summed E-state index contributed by atoms with van der Waals surface area (Å²) in [6.45, 7) is 6.53. The molecule has 2 atom stereocenters. The summed E-state index contributed by atoms with van der Waals surface area (Å²) < 4.78 is 1.84. The first-order valence-corrected chi connectivity index (χ1v) is 12.0. The smallest absolute Gasteiger partial charge is 0.162 e. The van der Waals surface area contributed by atoms with Gasteiger partial charge in [-0.25, -0.2) is 9.50 Å². The molecule has 0 unspecified atom stereocenters. The van der Waals surface area contributed by atoms with Crippen LogP contribution in [-0.2, 0) is 0 Å². The SMILES string of the molecule is C[C@@H]1CNC[C@H](C)N1c1ccc(-c2cnc3c(-c4ccc(C#N)c5ccccc45)cnn3c2)cc1. The molecule has 0 spiro atoms. The fourth-order valence-electron chi connectivity index (χ4n) is 5.31. The van der Waals surface area contributed by atoms with Gasteiger partial charge in [0.2, 0.25) is 0 Å². The van der Waals surface area contributed by atoms with Crippen molar-refractivity contribution in [1.82, 2.24) is 19.9 Å². The Labute approximate surface area is 204 Å². The molecule has 0 saturated carbocycles. The van der Waals surface area contributed by atoms with Crippen molar-refractivity contribution in [2.45, 2.75) is 25.9 Å². The number of nitriles is 1. The molecule has 0 amide bonds. The van der Waals surface area contributed by atoms with E-state index in [1.54, 1.807) is 0 Å². The molecule has 1 N–H and O–H groups in total. The number of hydrogen-bond acceptors (Lipinski definition) is 5. The lowest BCUT2D eigenvalue weighted by Crippen LogP contribution is -2.55. The van der Waals surface area contributed by atoms with Crippen LogP contribution in [0.4, 0.5) is 5.69 Å². The zero-order valence-corrected chi connectivity index (χ0v) is 19.8. The lowest BCUT2D eigenvalue weighted by atomic mass is 9.97. The average molecular weight is 459 g/mol. The van der Waals surface area contributed by atoms with Gasteiger partial charge in [-0.1, -0.05) is 42.5 Å². The molecule has 6 heteroatoms. The van der Waals surface area contributed by atoms with Crippen molar-refractivity contribution in [3.8, 4) is 28.3 Å². The summed E-state index contributed by atoms with van der Waals surface area (Å²) in [4.78, 5) is 7.29. The fraction of sp³-hybridized carbons (Fsp3) is 0.207. The summed E-state index contributed by atoms with van der Waals surface area (Å²) >= 11 is 0. The lowest BCUT2D eigenvalue weighted by Gasteiger charge is -2.41. The minimum Gasteiger partial charge on any atom is -0.364 e. The van der Waals surface area contributed by atoms with Crippen LogP contribution < -0.4 is 10.2 Å². The number of aromatic nitrogens is 3. The highest BCUT2D eigenvalue weighted by Crippen LogP contribution is 2.33. The molecule has 1 aliphatic rings. The zero-order chi connectivity index (χ0) is 23.9. The summed E-state index contributed by atoms with van der Waals surface area (Å²) in [5, 5.41) is 19.6. The number of hydrogen-bond donors (Lipinski definition) is 1. The molecule has 172 valence electrons. The second kappa shape index (κ2) is 8.53. The van der Waals surface area contributed by atoms with E-state index in [1.807, 2.05) is 59.5 Å². The van der Waals surface area contributed by atoms with E-state index in [9.17, 15) is 5.26 Å². The maximum atomic E-state index is 9.50. The van der Waals surface area contributed by atoms with Gasteiger partial charge in [0.25, 0.3) is 0 Å². The van der Waals surface area contributed by atoms with Crippen molar-refractivity contribution in [3.05, 3.63) is 84.8 Å². The molecule has 0 radical (unpaired) electrons. The standard InChI is InChI=1S/C29H26N6/c1-19-14-31-15-20(2)35(19)24-10-7-21(8-11-24)23-16-32-29-28(17-33-34(29)18-23)27-12-9-22(13-30)25-5-3-4-6-26(25)27/h3-12,16-20,31H,14-15H2,1-2H3/t19-,20+. The number of fused-ring (bicyclic) bond motifs is 2. The zero-order valence-electron chi connectivity index (χ0n) is 19.8. The molecular weight excluding hydrogens is 432 g/mol. The third-order valence-electron chi connectivity index (χ3n) is 7.02. The van der Waals surface area contributed by atoms with Gasteiger partial charge in [-0.3, -0.25) is 0 Å². The van der Waals surface area contributed by atoms with Crippen LogP contribution in [0.15, 0.2) is 79.3 Å². The Hall–Kier alpha value is -4.21. The molecule has 35 heavy (non-hydrogen) atoms. The number of rotatable bonds is 3. The third-order valence-corrected chi connectivity index (χ3v) is 7.02. The molecule has 1 saturated heterocycles. The van der Waals surface area contributed by atoms with Crippen LogP contribution in [0.25, 0.3) is 38.7 Å². The van der Waals surface area contributed by atoms with E-state index in [-0.39, 0.29) is 0 Å². The largest absolute Gasteiger partial charge is 0.364 e. The van der Waals surface area contributed by atoms with E-state index in [2.05, 4.69) is 59.5 Å². The second-order valence-electron chi connectivity index (χ2n) is 9.30. The first-order chi connectivity index (χ1) is 17.1. The second-order valence-corrected chi connectivity index (χ2v) is 9.30. The molecule has 5 aromatic rings. The van der Waals surface area contributed by atoms with E-state index >= 15 is 0 Å². The van der Waals surface area contributed by atoms with Crippen LogP contribution >= 0.6 is 0 Å². The van der Waals surface area contributed by atoms with Crippen LogP contribution in [0, 0.1) is 11.3 Å². The molecule has 0 bridgehead atoms. The monoisotopic (exact) mass is 458 g/mol. The Bertz CT molecular complexity index is 1570. The van der Waals surface area contributed by atoms with Gasteiger partial charge < -0.3 is 10.2 Å². The Morgan fingerprint density at radius 3 is 2.34 bits per heavy atom. The van der Waals surface area contributed by atoms with E-state index in [0.717, 1.165) is 51.8 Å². The maximum Gasteiger partial charge on any atom is 0.162 e. The summed E-state index contributed by atoms with van der Waals surface area (Å²) in [7, 11) is 0. The fourth-order valence-corrected chi connectivity index (χ4v) is 5.31. The predicted molar refractivity (Wildman–Crippen MR) is 140 cm³/mol. The number of nitrogens with one attached hydrogen (secondary N) is 1. The first kappa shape index (κ1) is 21.3. The molecule has 2 aromatic heterocycles. The number of anilines is 1. The highest BCUT2D eigenvalue weighted by atomic mass is 15.2. The molecule has 0 aliphatic carbocycles. The van der Waals surface area contributed by atoms with E-state index in [1.165, 1.54) is 5.69 Å². The van der Waals surface area contributed by atoms with Crippen molar-refractivity contribution < 1.29 is 0 Å². The normalized spacial score (nSPS) is 18.1. The Balaban J connectivity index is 1.36. The minimum absolute atomic E-state index is 0.461. The molecule has 1 fully saturated rings. The van der Waals surface area contributed by atoms with Gasteiger partial charge in [-0.15, -0.1) is 0 Å². The number of piperazine rings is 1. The topological polar surface area (TPSA) is 69.2 Å². The van der Waals surface area contributed by atoms with Crippen molar-refractivity contribution in [1.29, 1.82) is 5.26 Å². The highest BCUT2D eigenvalue weighted by molar-refractivity contribution is 6.02. The molecule has 3 heterocycles. The molecular formula is C29H26N6. The van der Waals surface area contributed by atoms with Gasteiger partial charge in [0.05, 0.1) is 17.8 Å². The first-order valence-electron chi connectivity index (χ1n) is 12.0. The van der Waals surface area contributed by atoms with Crippen LogP contribution in [0.2, 0.25) is 0 Å². The van der Waals surface area contributed by atoms with E-state index < -0.39 is 0 Å². The van der Waals surface area contributed by atoms with Gasteiger partial charge >= 0.3 is 0 Å². The predicted octanol–water partition coefficient (Wildman–Crippen LogP) is 5.27. The summed E-state index contributed by atoms with van der Waals surface area (Å²) in [6.07, 6.45) is 5.80.